The molecule has 0 spiro atoms. The Morgan fingerprint density at radius 3 is 2.96 bits per heavy atom. The molecule has 138 valence electrons. The van der Waals surface area contributed by atoms with E-state index in [-0.39, 0.29) is 0 Å². The van der Waals surface area contributed by atoms with Crippen molar-refractivity contribution in [3.8, 4) is 28.3 Å². The summed E-state index contributed by atoms with van der Waals surface area (Å²) in [6, 6.07) is 13.5. The van der Waals surface area contributed by atoms with E-state index in [9.17, 15) is 4.79 Å². The van der Waals surface area contributed by atoms with Crippen molar-refractivity contribution in [3.05, 3.63) is 60.0 Å². The maximum atomic E-state index is 10.8. The van der Waals surface area contributed by atoms with Crippen LogP contribution in [0.3, 0.4) is 0 Å². The van der Waals surface area contributed by atoms with Crippen molar-refractivity contribution in [2.75, 3.05) is 0 Å². The maximum Gasteiger partial charge on any atom is 0.298 e. The van der Waals surface area contributed by atoms with Crippen LogP contribution in [0.15, 0.2) is 48.7 Å². The van der Waals surface area contributed by atoms with Crippen LogP contribution in [0.5, 0.6) is 5.75 Å². The van der Waals surface area contributed by atoms with Crippen LogP contribution in [0.1, 0.15) is 17.8 Å². The Hall–Kier alpha value is -3.54. The summed E-state index contributed by atoms with van der Waals surface area (Å²) in [5.74, 6) is 0.496. The molecule has 0 unspecified atom stereocenters. The van der Waals surface area contributed by atoms with Crippen LogP contribution in [-0.2, 0) is 17.8 Å². The summed E-state index contributed by atoms with van der Waals surface area (Å²) in [6.07, 6.45) is 3.87. The van der Waals surface area contributed by atoms with Gasteiger partial charge in [-0.05, 0) is 61.7 Å². The molecule has 0 saturated carbocycles. The molecule has 4 aromatic rings. The Balaban J connectivity index is 1.80. The standard InChI is InChI=1S/C22H18N4O2/c1-14-4-2-5-19(24-14)22-21(20-6-3-11-26(20)25-22)16-9-10-23-18-8-7-15(28-13-27)12-17(16)18/h2,4-5,7-10,12-13H,3,6,11H2,1H3. The Labute approximate surface area is 161 Å². The van der Waals surface area contributed by atoms with E-state index in [0.717, 1.165) is 58.5 Å². The van der Waals surface area contributed by atoms with Crippen molar-refractivity contribution in [1.82, 2.24) is 19.7 Å². The van der Waals surface area contributed by atoms with Crippen molar-refractivity contribution in [3.63, 3.8) is 0 Å². The Morgan fingerprint density at radius 1 is 1.18 bits per heavy atom. The van der Waals surface area contributed by atoms with E-state index >= 15 is 0 Å². The Kier molecular flexibility index (Phi) is 3.90. The molecule has 0 bridgehead atoms. The smallest absolute Gasteiger partial charge is 0.298 e. The number of carbonyl (C=O) groups excluding carboxylic acids is 1. The largest absolute Gasteiger partial charge is 0.429 e. The van der Waals surface area contributed by atoms with Crippen molar-refractivity contribution < 1.29 is 9.53 Å². The highest BCUT2D eigenvalue weighted by Crippen LogP contribution is 2.40. The lowest BCUT2D eigenvalue weighted by molar-refractivity contribution is -0.120. The molecule has 3 aromatic heterocycles. The SMILES string of the molecule is Cc1cccc(-c2nn3c(c2-c2ccnc4ccc(OC=O)cc24)CCC3)n1. The van der Waals surface area contributed by atoms with Gasteiger partial charge in [-0.3, -0.25) is 19.4 Å². The third kappa shape index (κ3) is 2.65. The summed E-state index contributed by atoms with van der Waals surface area (Å²) >= 11 is 0. The number of aryl methyl sites for hydroxylation is 2. The highest BCUT2D eigenvalue weighted by atomic mass is 16.5. The fourth-order valence-corrected chi connectivity index (χ4v) is 3.94. The molecule has 0 fully saturated rings. The first-order chi connectivity index (χ1) is 13.7. The van der Waals surface area contributed by atoms with E-state index in [1.807, 2.05) is 49.5 Å². The number of benzene rings is 1. The first-order valence-corrected chi connectivity index (χ1v) is 9.28. The van der Waals surface area contributed by atoms with E-state index in [1.165, 1.54) is 5.69 Å². The van der Waals surface area contributed by atoms with E-state index in [4.69, 9.17) is 14.8 Å². The van der Waals surface area contributed by atoms with E-state index in [1.54, 1.807) is 6.07 Å². The predicted octanol–water partition coefficient (Wildman–Crippen LogP) is 3.95. The van der Waals surface area contributed by atoms with E-state index in [0.29, 0.717) is 12.2 Å². The Morgan fingerprint density at radius 2 is 2.11 bits per heavy atom. The van der Waals surface area contributed by atoms with Crippen LogP contribution in [0.4, 0.5) is 0 Å². The molecule has 0 atom stereocenters. The molecule has 1 aliphatic rings. The number of hydrogen-bond acceptors (Lipinski definition) is 5. The highest BCUT2D eigenvalue weighted by Gasteiger charge is 2.25. The van der Waals surface area contributed by atoms with Gasteiger partial charge in [-0.2, -0.15) is 5.10 Å². The highest BCUT2D eigenvalue weighted by molar-refractivity contribution is 5.99. The zero-order valence-electron chi connectivity index (χ0n) is 15.4. The molecule has 0 saturated heterocycles. The number of fused-ring (bicyclic) bond motifs is 2. The quantitative estimate of drug-likeness (QED) is 0.509. The van der Waals surface area contributed by atoms with Crippen LogP contribution >= 0.6 is 0 Å². The van der Waals surface area contributed by atoms with Gasteiger partial charge in [-0.1, -0.05) is 6.07 Å². The molecule has 4 heterocycles. The minimum Gasteiger partial charge on any atom is -0.429 e. The molecule has 0 amide bonds. The lowest BCUT2D eigenvalue weighted by atomic mass is 9.96. The van der Waals surface area contributed by atoms with Gasteiger partial charge in [-0.25, -0.2) is 0 Å². The molecule has 6 heteroatoms. The second-order valence-electron chi connectivity index (χ2n) is 6.91. The van der Waals surface area contributed by atoms with Crippen molar-refractivity contribution >= 4 is 17.4 Å². The van der Waals surface area contributed by atoms with Gasteiger partial charge in [0.05, 0.1) is 11.2 Å². The van der Waals surface area contributed by atoms with Gasteiger partial charge < -0.3 is 4.74 Å². The van der Waals surface area contributed by atoms with Gasteiger partial charge in [-0.15, -0.1) is 0 Å². The van der Waals surface area contributed by atoms with Gasteiger partial charge >= 0.3 is 0 Å². The lowest BCUT2D eigenvalue weighted by Gasteiger charge is -2.10. The average molecular weight is 370 g/mol. The molecule has 1 aromatic carbocycles. The lowest BCUT2D eigenvalue weighted by Crippen LogP contribution is -1.95. The summed E-state index contributed by atoms with van der Waals surface area (Å²) in [5, 5.41) is 5.82. The summed E-state index contributed by atoms with van der Waals surface area (Å²) in [7, 11) is 0. The summed E-state index contributed by atoms with van der Waals surface area (Å²) < 4.78 is 7.16. The summed E-state index contributed by atoms with van der Waals surface area (Å²) in [6.45, 7) is 3.34. The van der Waals surface area contributed by atoms with Crippen molar-refractivity contribution in [1.29, 1.82) is 0 Å². The van der Waals surface area contributed by atoms with Crippen molar-refractivity contribution in [2.45, 2.75) is 26.3 Å². The maximum absolute atomic E-state index is 10.8. The minimum absolute atomic E-state index is 0.441. The predicted molar refractivity (Wildman–Crippen MR) is 106 cm³/mol. The number of carbonyl (C=O) groups is 1. The third-order valence-electron chi connectivity index (χ3n) is 5.14. The minimum atomic E-state index is 0.441. The molecule has 28 heavy (non-hydrogen) atoms. The fourth-order valence-electron chi connectivity index (χ4n) is 3.94. The van der Waals surface area contributed by atoms with Gasteiger partial charge in [0.1, 0.15) is 11.4 Å². The van der Waals surface area contributed by atoms with Gasteiger partial charge in [0, 0.05) is 35.1 Å². The zero-order chi connectivity index (χ0) is 19.1. The molecular weight excluding hydrogens is 352 g/mol. The number of pyridine rings is 2. The average Bonchev–Trinajstić information content (AvgIpc) is 3.29. The monoisotopic (exact) mass is 370 g/mol. The van der Waals surface area contributed by atoms with Crippen LogP contribution in [-0.4, -0.2) is 26.2 Å². The van der Waals surface area contributed by atoms with E-state index in [2.05, 4.69) is 9.67 Å². The number of aromatic nitrogens is 4. The summed E-state index contributed by atoms with van der Waals surface area (Å²) in [4.78, 5) is 20.0. The van der Waals surface area contributed by atoms with E-state index < -0.39 is 0 Å². The third-order valence-corrected chi connectivity index (χ3v) is 5.14. The number of ether oxygens (including phenoxy) is 1. The molecule has 0 radical (unpaired) electrons. The number of rotatable bonds is 4. The van der Waals surface area contributed by atoms with Gasteiger partial charge in [0.2, 0.25) is 0 Å². The van der Waals surface area contributed by atoms with Crippen LogP contribution in [0.25, 0.3) is 33.4 Å². The molecule has 6 nitrogen and oxygen atoms in total. The number of hydrogen-bond donors (Lipinski definition) is 0. The molecule has 1 aliphatic heterocycles. The second kappa shape index (κ2) is 6.56. The first-order valence-electron chi connectivity index (χ1n) is 9.28. The van der Waals surface area contributed by atoms with Crippen LogP contribution in [0.2, 0.25) is 0 Å². The molecule has 0 aliphatic carbocycles. The molecule has 0 N–H and O–H groups in total. The molecule has 5 rings (SSSR count). The van der Waals surface area contributed by atoms with Crippen LogP contribution < -0.4 is 4.74 Å². The summed E-state index contributed by atoms with van der Waals surface area (Å²) in [5.41, 5.74) is 6.88. The molecular formula is C22H18N4O2. The number of nitrogens with zero attached hydrogens (tertiary/aromatic N) is 4. The van der Waals surface area contributed by atoms with Crippen LogP contribution in [0, 0.1) is 6.92 Å². The second-order valence-corrected chi connectivity index (χ2v) is 6.91. The zero-order valence-corrected chi connectivity index (χ0v) is 15.4. The Bertz CT molecular complexity index is 1210. The first kappa shape index (κ1) is 16.6. The fraction of sp³-hybridized carbons (Fsp3) is 0.182. The van der Waals surface area contributed by atoms with Gasteiger partial charge in [0.25, 0.3) is 6.47 Å². The van der Waals surface area contributed by atoms with Crippen molar-refractivity contribution in [2.24, 2.45) is 0 Å². The topological polar surface area (TPSA) is 69.9 Å². The normalized spacial score (nSPS) is 12.9. The van der Waals surface area contributed by atoms with Gasteiger partial charge in [0.15, 0.2) is 0 Å².